The van der Waals surface area contributed by atoms with Crippen molar-refractivity contribution in [2.75, 3.05) is 19.6 Å². The van der Waals surface area contributed by atoms with Gasteiger partial charge in [0.1, 0.15) is 12.2 Å². The molecule has 0 saturated carbocycles. The van der Waals surface area contributed by atoms with Crippen LogP contribution in [0.1, 0.15) is 44.7 Å². The van der Waals surface area contributed by atoms with Gasteiger partial charge in [-0.25, -0.2) is 9.59 Å². The fourth-order valence-corrected chi connectivity index (χ4v) is 4.19. The van der Waals surface area contributed by atoms with Gasteiger partial charge in [0.15, 0.2) is 0 Å². The van der Waals surface area contributed by atoms with Crippen LogP contribution in [0.3, 0.4) is 0 Å². The minimum absolute atomic E-state index is 0.189. The van der Waals surface area contributed by atoms with Gasteiger partial charge < -0.3 is 30.1 Å². The van der Waals surface area contributed by atoms with Crippen molar-refractivity contribution >= 4 is 12.2 Å². The molecule has 1 saturated heterocycles. The van der Waals surface area contributed by atoms with E-state index < -0.39 is 23.9 Å². The molecule has 2 amide bonds. The number of likely N-dealkylation sites (tertiary alicyclic amines) is 1. The molecule has 0 bridgehead atoms. The summed E-state index contributed by atoms with van der Waals surface area (Å²) in [5.74, 6) is 0. The fraction of sp³-hybridized carbons (Fsp3) is 0.500. The summed E-state index contributed by atoms with van der Waals surface area (Å²) in [4.78, 5) is 26.6. The molecule has 36 heavy (non-hydrogen) atoms. The Bertz CT molecular complexity index is 949. The Morgan fingerprint density at radius 3 is 2.33 bits per heavy atom. The van der Waals surface area contributed by atoms with Gasteiger partial charge in [-0.1, -0.05) is 60.7 Å². The standard InChI is InChI=1S/C28H39N3O5/c1-28(2,3)36-26(33)30-23(17-21-11-6-4-7-12-21)18-29-24-15-10-16-31(19-25(24)32)27(34)35-20-22-13-8-5-9-14-22/h4-9,11-14,23-25,29,32H,10,15-20H2,1-3H3,(H,30,33)/t23-,24?,25?/m0/s1. The van der Waals surface area contributed by atoms with E-state index in [0.29, 0.717) is 25.9 Å². The third-order valence-electron chi connectivity index (χ3n) is 5.95. The zero-order valence-electron chi connectivity index (χ0n) is 21.5. The van der Waals surface area contributed by atoms with Crippen LogP contribution >= 0.6 is 0 Å². The van der Waals surface area contributed by atoms with Crippen LogP contribution in [0.4, 0.5) is 9.59 Å². The van der Waals surface area contributed by atoms with Crippen LogP contribution in [0.15, 0.2) is 60.7 Å². The number of hydrogen-bond acceptors (Lipinski definition) is 6. The van der Waals surface area contributed by atoms with E-state index in [2.05, 4.69) is 10.6 Å². The minimum Gasteiger partial charge on any atom is -0.445 e. The molecule has 3 atom stereocenters. The molecule has 2 aromatic rings. The van der Waals surface area contributed by atoms with Gasteiger partial charge in [0.25, 0.3) is 0 Å². The summed E-state index contributed by atoms with van der Waals surface area (Å²) < 4.78 is 10.9. The lowest BCUT2D eigenvalue weighted by Gasteiger charge is -2.28. The Hall–Kier alpha value is -3.10. The van der Waals surface area contributed by atoms with Crippen molar-refractivity contribution in [3.05, 3.63) is 71.8 Å². The highest BCUT2D eigenvalue weighted by Crippen LogP contribution is 2.15. The normalized spacial score (nSPS) is 19.2. The van der Waals surface area contributed by atoms with Crippen molar-refractivity contribution in [1.82, 2.24) is 15.5 Å². The number of carbonyl (C=O) groups excluding carboxylic acids is 2. The van der Waals surface area contributed by atoms with Crippen LogP contribution in [-0.2, 0) is 22.5 Å². The van der Waals surface area contributed by atoms with Crippen molar-refractivity contribution in [2.24, 2.45) is 0 Å². The molecule has 3 rings (SSSR count). The van der Waals surface area contributed by atoms with Gasteiger partial charge in [0.05, 0.1) is 12.6 Å². The van der Waals surface area contributed by atoms with E-state index in [1.807, 2.05) is 81.4 Å². The average molecular weight is 498 g/mol. The molecule has 1 heterocycles. The summed E-state index contributed by atoms with van der Waals surface area (Å²) in [5, 5.41) is 17.2. The Balaban J connectivity index is 1.54. The molecular weight excluding hydrogens is 458 g/mol. The van der Waals surface area contributed by atoms with Crippen molar-refractivity contribution in [2.45, 2.75) is 70.4 Å². The second-order valence-electron chi connectivity index (χ2n) is 10.2. The van der Waals surface area contributed by atoms with Crippen LogP contribution in [0.25, 0.3) is 0 Å². The second-order valence-corrected chi connectivity index (χ2v) is 10.2. The first-order valence-corrected chi connectivity index (χ1v) is 12.6. The van der Waals surface area contributed by atoms with Gasteiger partial charge >= 0.3 is 12.2 Å². The quantitative estimate of drug-likeness (QED) is 0.512. The van der Waals surface area contributed by atoms with E-state index in [-0.39, 0.29) is 25.2 Å². The predicted octanol–water partition coefficient (Wildman–Crippen LogP) is 3.87. The number of amides is 2. The summed E-state index contributed by atoms with van der Waals surface area (Å²) in [6, 6.07) is 19.0. The van der Waals surface area contributed by atoms with Crippen LogP contribution in [-0.4, -0.2) is 65.6 Å². The monoisotopic (exact) mass is 497 g/mol. The lowest BCUT2D eigenvalue weighted by Crippen LogP contribution is -2.51. The summed E-state index contributed by atoms with van der Waals surface area (Å²) in [6.07, 6.45) is 0.404. The number of aliphatic hydroxyl groups is 1. The molecule has 0 aromatic heterocycles. The summed E-state index contributed by atoms with van der Waals surface area (Å²) >= 11 is 0. The van der Waals surface area contributed by atoms with Gasteiger partial charge in [-0.3, -0.25) is 0 Å². The number of carbonyl (C=O) groups is 2. The Morgan fingerprint density at radius 1 is 1.06 bits per heavy atom. The maximum Gasteiger partial charge on any atom is 0.410 e. The molecule has 0 spiro atoms. The smallest absolute Gasteiger partial charge is 0.410 e. The van der Waals surface area contributed by atoms with Crippen molar-refractivity contribution < 1.29 is 24.2 Å². The van der Waals surface area contributed by atoms with E-state index >= 15 is 0 Å². The lowest BCUT2D eigenvalue weighted by molar-refractivity contribution is 0.0495. The van der Waals surface area contributed by atoms with Crippen molar-refractivity contribution in [3.63, 3.8) is 0 Å². The number of ether oxygens (including phenoxy) is 2. The number of nitrogens with zero attached hydrogens (tertiary/aromatic N) is 1. The number of benzene rings is 2. The van der Waals surface area contributed by atoms with Gasteiger partial charge in [-0.2, -0.15) is 0 Å². The summed E-state index contributed by atoms with van der Waals surface area (Å²) in [7, 11) is 0. The molecule has 2 aromatic carbocycles. The molecule has 1 aliphatic heterocycles. The molecular formula is C28H39N3O5. The average Bonchev–Trinajstić information content (AvgIpc) is 3.02. The Labute approximate surface area is 214 Å². The predicted molar refractivity (Wildman–Crippen MR) is 139 cm³/mol. The van der Waals surface area contributed by atoms with Gasteiger partial charge in [-0.15, -0.1) is 0 Å². The highest BCUT2D eigenvalue weighted by molar-refractivity contribution is 5.68. The third kappa shape index (κ3) is 9.51. The van der Waals surface area contributed by atoms with E-state index in [0.717, 1.165) is 17.5 Å². The number of nitrogens with one attached hydrogen (secondary N) is 2. The molecule has 1 fully saturated rings. The van der Waals surface area contributed by atoms with Crippen LogP contribution in [0, 0.1) is 0 Å². The molecule has 0 aliphatic carbocycles. The second kappa shape index (κ2) is 13.3. The lowest BCUT2D eigenvalue weighted by atomic mass is 10.0. The topological polar surface area (TPSA) is 100 Å². The number of alkyl carbamates (subject to hydrolysis) is 1. The third-order valence-corrected chi connectivity index (χ3v) is 5.95. The van der Waals surface area contributed by atoms with Crippen LogP contribution < -0.4 is 10.6 Å². The number of rotatable bonds is 8. The van der Waals surface area contributed by atoms with Crippen molar-refractivity contribution in [1.29, 1.82) is 0 Å². The molecule has 0 radical (unpaired) electrons. The Morgan fingerprint density at radius 2 is 1.69 bits per heavy atom. The summed E-state index contributed by atoms with van der Waals surface area (Å²) in [6.45, 7) is 6.85. The van der Waals surface area contributed by atoms with E-state index in [9.17, 15) is 14.7 Å². The fourth-order valence-electron chi connectivity index (χ4n) is 4.19. The number of aliphatic hydroxyl groups excluding tert-OH is 1. The van der Waals surface area contributed by atoms with E-state index in [1.165, 1.54) is 0 Å². The van der Waals surface area contributed by atoms with Crippen molar-refractivity contribution in [3.8, 4) is 0 Å². The Kier molecular flexibility index (Phi) is 10.1. The molecule has 1 aliphatic rings. The van der Waals surface area contributed by atoms with Crippen LogP contribution in [0.5, 0.6) is 0 Å². The summed E-state index contributed by atoms with van der Waals surface area (Å²) in [5.41, 5.74) is 1.42. The molecule has 8 heteroatoms. The first-order valence-electron chi connectivity index (χ1n) is 12.6. The SMILES string of the molecule is CC(C)(C)OC(=O)N[C@H](CNC1CCCN(C(=O)OCc2ccccc2)CC1O)Cc1ccccc1. The molecule has 196 valence electrons. The zero-order chi connectivity index (χ0) is 26.0. The first kappa shape index (κ1) is 27.5. The van der Waals surface area contributed by atoms with Gasteiger partial charge in [-0.05, 0) is 51.2 Å². The molecule has 2 unspecified atom stereocenters. The molecule has 3 N–H and O–H groups in total. The number of hydrogen-bond donors (Lipinski definition) is 3. The largest absolute Gasteiger partial charge is 0.445 e. The molecule has 8 nitrogen and oxygen atoms in total. The maximum atomic E-state index is 12.6. The van der Waals surface area contributed by atoms with Crippen LogP contribution in [0.2, 0.25) is 0 Å². The van der Waals surface area contributed by atoms with E-state index in [1.54, 1.807) is 4.90 Å². The van der Waals surface area contributed by atoms with Gasteiger partial charge in [0, 0.05) is 25.2 Å². The highest BCUT2D eigenvalue weighted by atomic mass is 16.6. The zero-order valence-corrected chi connectivity index (χ0v) is 21.5. The van der Waals surface area contributed by atoms with Gasteiger partial charge in [0.2, 0.25) is 0 Å². The maximum absolute atomic E-state index is 12.6. The number of β-amino-alcohol motifs (C(OH)–C–C–N with tert-alkyl or cyclic N) is 1. The van der Waals surface area contributed by atoms with E-state index in [4.69, 9.17) is 9.47 Å². The minimum atomic E-state index is -0.754. The first-order chi connectivity index (χ1) is 17.2. The highest BCUT2D eigenvalue weighted by Gasteiger charge is 2.29.